The third-order valence-electron chi connectivity index (χ3n) is 3.34. The van der Waals surface area contributed by atoms with Gasteiger partial charge in [-0.1, -0.05) is 30.3 Å². The van der Waals surface area contributed by atoms with Crippen LogP contribution >= 0.6 is 0 Å². The molecule has 6 heteroatoms. The molecule has 0 aliphatic heterocycles. The molecule has 0 unspecified atom stereocenters. The summed E-state index contributed by atoms with van der Waals surface area (Å²) in [6.45, 7) is 2.17. The molecule has 0 spiro atoms. The number of carboxylic acids is 1. The zero-order valence-corrected chi connectivity index (χ0v) is 12.4. The molecule has 0 fully saturated rings. The van der Waals surface area contributed by atoms with Crippen LogP contribution in [-0.2, 0) is 17.9 Å². The van der Waals surface area contributed by atoms with Crippen LogP contribution in [0.5, 0.6) is 0 Å². The molecule has 1 aromatic carbocycles. The van der Waals surface area contributed by atoms with E-state index in [1.54, 1.807) is 6.20 Å². The number of carbonyl (C=O) groups is 1. The largest absolute Gasteiger partial charge is 0.481 e. The maximum Gasteiger partial charge on any atom is 0.304 e. The highest BCUT2D eigenvalue weighted by molar-refractivity contribution is 5.66. The van der Waals surface area contributed by atoms with Crippen LogP contribution in [0.25, 0.3) is 0 Å². The van der Waals surface area contributed by atoms with Crippen molar-refractivity contribution in [1.82, 2.24) is 14.7 Å². The third-order valence-corrected chi connectivity index (χ3v) is 3.34. The van der Waals surface area contributed by atoms with Gasteiger partial charge in [0.25, 0.3) is 0 Å². The van der Waals surface area contributed by atoms with Crippen molar-refractivity contribution in [3.63, 3.8) is 0 Å². The van der Waals surface area contributed by atoms with Crippen LogP contribution in [0, 0.1) is 0 Å². The summed E-state index contributed by atoms with van der Waals surface area (Å²) < 4.78 is 1.86. The fraction of sp³-hybridized carbons (Fsp3) is 0.375. The summed E-state index contributed by atoms with van der Waals surface area (Å²) >= 11 is 0. The number of nitrogens with zero attached hydrogens (tertiary/aromatic N) is 3. The van der Waals surface area contributed by atoms with Gasteiger partial charge in [0, 0.05) is 31.4 Å². The van der Waals surface area contributed by atoms with Crippen LogP contribution in [-0.4, -0.2) is 50.6 Å². The fourth-order valence-corrected chi connectivity index (χ4v) is 2.27. The van der Waals surface area contributed by atoms with E-state index in [0.717, 1.165) is 5.56 Å². The molecule has 0 saturated carbocycles. The van der Waals surface area contributed by atoms with Crippen LogP contribution in [0.4, 0.5) is 0 Å². The smallest absolute Gasteiger partial charge is 0.304 e. The summed E-state index contributed by atoms with van der Waals surface area (Å²) in [7, 11) is 0. The van der Waals surface area contributed by atoms with Crippen molar-refractivity contribution in [3.05, 3.63) is 53.9 Å². The van der Waals surface area contributed by atoms with E-state index in [1.807, 2.05) is 46.1 Å². The average molecular weight is 303 g/mol. The number of carboxylic acid groups (broad SMARTS) is 1. The Morgan fingerprint density at radius 2 is 1.95 bits per heavy atom. The minimum absolute atomic E-state index is 0.0117. The first-order valence-electron chi connectivity index (χ1n) is 7.27. The topological polar surface area (TPSA) is 78.6 Å². The van der Waals surface area contributed by atoms with Gasteiger partial charge in [-0.25, -0.2) is 0 Å². The normalized spacial score (nSPS) is 11.0. The van der Waals surface area contributed by atoms with Gasteiger partial charge in [0.2, 0.25) is 0 Å². The predicted octanol–water partition coefficient (Wildman–Crippen LogP) is 1.20. The van der Waals surface area contributed by atoms with E-state index in [1.165, 1.54) is 5.56 Å². The van der Waals surface area contributed by atoms with E-state index in [4.69, 9.17) is 10.2 Å². The van der Waals surface area contributed by atoms with Crippen LogP contribution < -0.4 is 0 Å². The summed E-state index contributed by atoms with van der Waals surface area (Å²) in [4.78, 5) is 12.6. The first kappa shape index (κ1) is 16.2. The number of rotatable bonds is 9. The van der Waals surface area contributed by atoms with Crippen LogP contribution in [0.3, 0.4) is 0 Å². The Balaban J connectivity index is 1.93. The van der Waals surface area contributed by atoms with Gasteiger partial charge in [-0.3, -0.25) is 14.4 Å². The number of hydrogen-bond acceptors (Lipinski definition) is 4. The molecular formula is C16H21N3O3. The van der Waals surface area contributed by atoms with E-state index in [-0.39, 0.29) is 13.0 Å². The van der Waals surface area contributed by atoms with Crippen molar-refractivity contribution in [2.75, 3.05) is 19.7 Å². The van der Waals surface area contributed by atoms with Crippen molar-refractivity contribution in [3.8, 4) is 0 Å². The zero-order valence-electron chi connectivity index (χ0n) is 12.4. The second-order valence-electron chi connectivity index (χ2n) is 5.18. The van der Waals surface area contributed by atoms with Crippen LogP contribution in [0.2, 0.25) is 0 Å². The lowest BCUT2D eigenvalue weighted by Gasteiger charge is -2.19. The van der Waals surface area contributed by atoms with E-state index in [9.17, 15) is 4.79 Å². The standard InChI is InChI=1S/C16H21N3O3/c20-9-8-18(7-6-16(21)22)11-15-10-17-19(13-15)12-14-4-2-1-3-5-14/h1-5,10,13,20H,6-9,11-12H2,(H,21,22). The highest BCUT2D eigenvalue weighted by Gasteiger charge is 2.09. The van der Waals surface area contributed by atoms with E-state index < -0.39 is 5.97 Å². The van der Waals surface area contributed by atoms with Crippen LogP contribution in [0.1, 0.15) is 17.5 Å². The summed E-state index contributed by atoms with van der Waals surface area (Å²) in [5, 5.41) is 22.2. The second-order valence-corrected chi connectivity index (χ2v) is 5.18. The first-order chi connectivity index (χ1) is 10.7. The number of benzene rings is 1. The second kappa shape index (κ2) is 8.31. The number of aliphatic hydroxyl groups excluding tert-OH is 1. The van der Waals surface area contributed by atoms with Crippen molar-refractivity contribution in [2.45, 2.75) is 19.5 Å². The van der Waals surface area contributed by atoms with Gasteiger partial charge in [0.15, 0.2) is 0 Å². The molecule has 0 saturated heterocycles. The average Bonchev–Trinajstić information content (AvgIpc) is 2.93. The van der Waals surface area contributed by atoms with Gasteiger partial charge in [-0.05, 0) is 5.56 Å². The highest BCUT2D eigenvalue weighted by Crippen LogP contribution is 2.07. The highest BCUT2D eigenvalue weighted by atomic mass is 16.4. The third kappa shape index (κ3) is 5.31. The monoisotopic (exact) mass is 303 g/mol. The minimum Gasteiger partial charge on any atom is -0.481 e. The Hall–Kier alpha value is -2.18. The molecule has 2 N–H and O–H groups in total. The van der Waals surface area contributed by atoms with Crippen LogP contribution in [0.15, 0.2) is 42.7 Å². The molecular weight excluding hydrogens is 282 g/mol. The van der Waals surface area contributed by atoms with Gasteiger partial charge in [0.05, 0.1) is 25.8 Å². The number of aliphatic carboxylic acids is 1. The zero-order chi connectivity index (χ0) is 15.8. The Morgan fingerprint density at radius 3 is 2.64 bits per heavy atom. The Morgan fingerprint density at radius 1 is 1.18 bits per heavy atom. The van der Waals surface area contributed by atoms with Crippen molar-refractivity contribution in [2.24, 2.45) is 0 Å². The maximum absolute atomic E-state index is 10.7. The summed E-state index contributed by atoms with van der Waals surface area (Å²) in [6, 6.07) is 10.1. The van der Waals surface area contributed by atoms with Crippen molar-refractivity contribution < 1.29 is 15.0 Å². The molecule has 0 radical (unpaired) electrons. The molecule has 0 atom stereocenters. The van der Waals surface area contributed by atoms with E-state index >= 15 is 0 Å². The Kier molecular flexibility index (Phi) is 6.12. The van der Waals surface area contributed by atoms with E-state index in [2.05, 4.69) is 5.10 Å². The van der Waals surface area contributed by atoms with Crippen molar-refractivity contribution in [1.29, 1.82) is 0 Å². The SMILES string of the molecule is O=C(O)CCN(CCO)Cc1cnn(Cc2ccccc2)c1. The molecule has 2 aromatic rings. The van der Waals surface area contributed by atoms with Crippen molar-refractivity contribution >= 4 is 5.97 Å². The summed E-state index contributed by atoms with van der Waals surface area (Å²) in [5.74, 6) is -0.831. The number of hydrogen-bond donors (Lipinski definition) is 2. The van der Waals surface area contributed by atoms with E-state index in [0.29, 0.717) is 26.2 Å². The first-order valence-corrected chi connectivity index (χ1v) is 7.27. The molecule has 0 aliphatic carbocycles. The van der Waals surface area contributed by atoms with Gasteiger partial charge < -0.3 is 10.2 Å². The number of aliphatic hydroxyl groups is 1. The molecule has 6 nitrogen and oxygen atoms in total. The lowest BCUT2D eigenvalue weighted by Crippen LogP contribution is -2.28. The molecule has 0 aliphatic rings. The molecule has 1 heterocycles. The molecule has 0 amide bonds. The summed E-state index contributed by atoms with van der Waals surface area (Å²) in [5.41, 5.74) is 2.19. The molecule has 0 bridgehead atoms. The Labute approximate surface area is 129 Å². The molecule has 1 aromatic heterocycles. The lowest BCUT2D eigenvalue weighted by atomic mass is 10.2. The quantitative estimate of drug-likeness (QED) is 0.728. The fourth-order valence-electron chi connectivity index (χ4n) is 2.27. The van der Waals surface area contributed by atoms with Gasteiger partial charge in [0.1, 0.15) is 0 Å². The maximum atomic E-state index is 10.7. The van der Waals surface area contributed by atoms with Gasteiger partial charge in [-0.2, -0.15) is 5.10 Å². The molecule has 118 valence electrons. The minimum atomic E-state index is -0.831. The van der Waals surface area contributed by atoms with Gasteiger partial charge in [-0.15, -0.1) is 0 Å². The summed E-state index contributed by atoms with van der Waals surface area (Å²) in [6.07, 6.45) is 3.81. The Bertz CT molecular complexity index is 583. The van der Waals surface area contributed by atoms with Gasteiger partial charge >= 0.3 is 5.97 Å². The molecule has 22 heavy (non-hydrogen) atoms. The number of aromatic nitrogens is 2. The molecule has 2 rings (SSSR count). The lowest BCUT2D eigenvalue weighted by molar-refractivity contribution is -0.137. The predicted molar refractivity (Wildman–Crippen MR) is 82.4 cm³/mol.